The third-order valence-electron chi connectivity index (χ3n) is 4.81. The fraction of sp³-hybridized carbons (Fsp3) is 0.895. The van der Waals surface area contributed by atoms with Crippen LogP contribution in [0.5, 0.6) is 0 Å². The second-order valence-corrected chi connectivity index (χ2v) is 7.08. The topological polar surface area (TPSA) is 75.2 Å². The molecule has 2 N–H and O–H groups in total. The molecule has 26 heavy (non-hydrogen) atoms. The lowest BCUT2D eigenvalue weighted by Crippen LogP contribution is -2.52. The number of hydrogen-bond donors (Lipinski definition) is 2. The van der Waals surface area contributed by atoms with Crippen molar-refractivity contribution in [2.24, 2.45) is 10.9 Å². The average molecular weight is 371 g/mol. The van der Waals surface area contributed by atoms with Crippen molar-refractivity contribution in [2.45, 2.75) is 52.0 Å². The van der Waals surface area contributed by atoms with Gasteiger partial charge in [0.15, 0.2) is 5.96 Å². The lowest BCUT2D eigenvalue weighted by Gasteiger charge is -2.37. The molecular weight excluding hydrogens is 332 g/mol. The number of unbranched alkanes of at least 4 members (excludes halogenated alkanes) is 3. The standard InChI is InChI=1S/C19H38N4O3/c1-16(2)17(23-11-13-26-14-12-23)15-22-19(20-3)21-10-8-6-5-7-9-18(24)25-4/h16-17H,5-15H2,1-4H3,(H2,20,21,22). The summed E-state index contributed by atoms with van der Waals surface area (Å²) in [6, 6.07) is 0.482. The number of esters is 1. The van der Waals surface area contributed by atoms with Crippen LogP contribution in [0.2, 0.25) is 0 Å². The van der Waals surface area contributed by atoms with Crippen molar-refractivity contribution in [3.63, 3.8) is 0 Å². The number of rotatable bonds is 11. The molecule has 0 aliphatic carbocycles. The summed E-state index contributed by atoms with van der Waals surface area (Å²) < 4.78 is 10.1. The molecule has 0 aromatic heterocycles. The van der Waals surface area contributed by atoms with Gasteiger partial charge in [-0.1, -0.05) is 26.7 Å². The molecule has 152 valence electrons. The fourth-order valence-corrected chi connectivity index (χ4v) is 3.17. The summed E-state index contributed by atoms with van der Waals surface area (Å²) in [5.74, 6) is 1.32. The Balaban J connectivity index is 2.19. The zero-order valence-corrected chi connectivity index (χ0v) is 17.1. The molecule has 0 saturated carbocycles. The highest BCUT2D eigenvalue weighted by atomic mass is 16.5. The number of hydrogen-bond acceptors (Lipinski definition) is 5. The molecule has 0 radical (unpaired) electrons. The van der Waals surface area contributed by atoms with E-state index in [4.69, 9.17) is 4.74 Å². The summed E-state index contributed by atoms with van der Waals surface area (Å²) in [5.41, 5.74) is 0. The zero-order chi connectivity index (χ0) is 19.2. The van der Waals surface area contributed by atoms with Crippen LogP contribution in [0.4, 0.5) is 0 Å². The first kappa shape index (κ1) is 22.7. The molecule has 1 rings (SSSR count). The summed E-state index contributed by atoms with van der Waals surface area (Å²) in [5, 5.41) is 6.85. The van der Waals surface area contributed by atoms with Gasteiger partial charge in [0.1, 0.15) is 0 Å². The quantitative estimate of drug-likeness (QED) is 0.249. The lowest BCUT2D eigenvalue weighted by atomic mass is 10.0. The number of aliphatic imine (C=N–C) groups is 1. The minimum absolute atomic E-state index is 0.118. The van der Waals surface area contributed by atoms with Crippen LogP contribution in [0.3, 0.4) is 0 Å². The molecule has 0 spiro atoms. The molecule has 1 saturated heterocycles. The first-order valence-electron chi connectivity index (χ1n) is 9.91. The Morgan fingerprint density at radius 3 is 2.46 bits per heavy atom. The van der Waals surface area contributed by atoms with Gasteiger partial charge in [-0.05, 0) is 18.8 Å². The second kappa shape index (κ2) is 13.8. The SMILES string of the molecule is CN=C(NCCCCCCC(=O)OC)NCC(C(C)C)N1CCOCC1. The fourth-order valence-electron chi connectivity index (χ4n) is 3.17. The van der Waals surface area contributed by atoms with Gasteiger partial charge in [-0.3, -0.25) is 14.7 Å². The van der Waals surface area contributed by atoms with Crippen molar-refractivity contribution in [2.75, 3.05) is 53.6 Å². The van der Waals surface area contributed by atoms with Gasteiger partial charge < -0.3 is 20.1 Å². The Morgan fingerprint density at radius 1 is 1.15 bits per heavy atom. The first-order chi connectivity index (χ1) is 12.6. The minimum atomic E-state index is -0.118. The van der Waals surface area contributed by atoms with E-state index in [2.05, 4.69) is 39.1 Å². The van der Waals surface area contributed by atoms with Gasteiger partial charge in [-0.15, -0.1) is 0 Å². The maximum Gasteiger partial charge on any atom is 0.305 e. The monoisotopic (exact) mass is 370 g/mol. The Kier molecular flexibility index (Phi) is 12.1. The van der Waals surface area contributed by atoms with Crippen LogP contribution in [-0.4, -0.2) is 76.4 Å². The molecule has 0 amide bonds. The van der Waals surface area contributed by atoms with Crippen LogP contribution < -0.4 is 10.6 Å². The molecule has 0 aromatic carbocycles. The van der Waals surface area contributed by atoms with E-state index in [1.54, 1.807) is 0 Å². The molecular formula is C19H38N4O3. The Hall–Kier alpha value is -1.34. The van der Waals surface area contributed by atoms with E-state index in [0.29, 0.717) is 18.4 Å². The molecule has 1 unspecified atom stereocenters. The van der Waals surface area contributed by atoms with Crippen molar-refractivity contribution >= 4 is 11.9 Å². The molecule has 1 atom stereocenters. The van der Waals surface area contributed by atoms with Gasteiger partial charge >= 0.3 is 5.97 Å². The number of morpholine rings is 1. The van der Waals surface area contributed by atoms with Gasteiger partial charge in [0.2, 0.25) is 0 Å². The maximum atomic E-state index is 11.0. The van der Waals surface area contributed by atoms with Crippen LogP contribution in [-0.2, 0) is 14.3 Å². The van der Waals surface area contributed by atoms with Gasteiger partial charge in [-0.2, -0.15) is 0 Å². The molecule has 1 heterocycles. The number of guanidine groups is 1. The second-order valence-electron chi connectivity index (χ2n) is 7.08. The summed E-state index contributed by atoms with van der Waals surface area (Å²) in [4.78, 5) is 17.9. The van der Waals surface area contributed by atoms with Crippen molar-refractivity contribution in [3.8, 4) is 0 Å². The molecule has 0 aromatic rings. The van der Waals surface area contributed by atoms with E-state index < -0.39 is 0 Å². The van der Waals surface area contributed by atoms with Crippen molar-refractivity contribution in [1.29, 1.82) is 0 Å². The van der Waals surface area contributed by atoms with E-state index in [1.165, 1.54) is 7.11 Å². The largest absolute Gasteiger partial charge is 0.469 e. The number of nitrogens with one attached hydrogen (secondary N) is 2. The third-order valence-corrected chi connectivity index (χ3v) is 4.81. The van der Waals surface area contributed by atoms with E-state index in [0.717, 1.165) is 71.0 Å². The first-order valence-corrected chi connectivity index (χ1v) is 9.91. The predicted molar refractivity (Wildman–Crippen MR) is 105 cm³/mol. The number of nitrogens with zero attached hydrogens (tertiary/aromatic N) is 2. The van der Waals surface area contributed by atoms with Gasteiger partial charge in [-0.25, -0.2) is 0 Å². The van der Waals surface area contributed by atoms with Crippen LogP contribution in [0.15, 0.2) is 4.99 Å². The molecule has 7 heteroatoms. The highest BCUT2D eigenvalue weighted by Crippen LogP contribution is 2.12. The van der Waals surface area contributed by atoms with E-state index in [-0.39, 0.29) is 5.97 Å². The number of ether oxygens (including phenoxy) is 2. The van der Waals surface area contributed by atoms with Gasteiger partial charge in [0.05, 0.1) is 20.3 Å². The maximum absolute atomic E-state index is 11.0. The molecule has 1 aliphatic rings. The molecule has 0 bridgehead atoms. The smallest absolute Gasteiger partial charge is 0.305 e. The van der Waals surface area contributed by atoms with Crippen molar-refractivity contribution < 1.29 is 14.3 Å². The van der Waals surface area contributed by atoms with Crippen molar-refractivity contribution in [1.82, 2.24) is 15.5 Å². The lowest BCUT2D eigenvalue weighted by molar-refractivity contribution is -0.140. The van der Waals surface area contributed by atoms with Crippen LogP contribution in [0.1, 0.15) is 46.0 Å². The highest BCUT2D eigenvalue weighted by Gasteiger charge is 2.23. The summed E-state index contributed by atoms with van der Waals surface area (Å²) >= 11 is 0. The van der Waals surface area contributed by atoms with Crippen LogP contribution in [0.25, 0.3) is 0 Å². The van der Waals surface area contributed by atoms with Crippen molar-refractivity contribution in [3.05, 3.63) is 0 Å². The number of carbonyl (C=O) groups is 1. The van der Waals surface area contributed by atoms with Gasteiger partial charge in [0, 0.05) is 45.7 Å². The van der Waals surface area contributed by atoms with Crippen LogP contribution >= 0.6 is 0 Å². The molecule has 1 aliphatic heterocycles. The third kappa shape index (κ3) is 9.38. The normalized spacial score (nSPS) is 17.2. The summed E-state index contributed by atoms with van der Waals surface area (Å²) in [6.07, 6.45) is 4.64. The highest BCUT2D eigenvalue weighted by molar-refractivity contribution is 5.79. The van der Waals surface area contributed by atoms with E-state index in [1.807, 2.05) is 7.05 Å². The number of methoxy groups -OCH3 is 1. The number of carbonyl (C=O) groups excluding carboxylic acids is 1. The Bertz CT molecular complexity index is 410. The predicted octanol–water partition coefficient (Wildman–Crippen LogP) is 1.63. The van der Waals surface area contributed by atoms with Gasteiger partial charge in [0.25, 0.3) is 0 Å². The zero-order valence-electron chi connectivity index (χ0n) is 17.1. The minimum Gasteiger partial charge on any atom is -0.469 e. The molecule has 1 fully saturated rings. The average Bonchev–Trinajstić information content (AvgIpc) is 2.66. The summed E-state index contributed by atoms with van der Waals surface area (Å²) in [7, 11) is 3.25. The Labute approximate surface area is 158 Å². The van der Waals surface area contributed by atoms with E-state index in [9.17, 15) is 4.79 Å². The van der Waals surface area contributed by atoms with Crippen LogP contribution in [0, 0.1) is 5.92 Å². The summed E-state index contributed by atoms with van der Waals surface area (Å²) in [6.45, 7) is 9.97. The Morgan fingerprint density at radius 2 is 1.85 bits per heavy atom. The van der Waals surface area contributed by atoms with E-state index >= 15 is 0 Å². The molecule has 7 nitrogen and oxygen atoms in total.